The molecule has 2 unspecified atom stereocenters. The smallest absolute Gasteiger partial charge is 0.257 e. The first-order valence-corrected chi connectivity index (χ1v) is 13.1. The number of carbonyl (C=O) groups is 1. The van der Waals surface area contributed by atoms with Crippen LogP contribution in [0.1, 0.15) is 36.8 Å². The van der Waals surface area contributed by atoms with Crippen molar-refractivity contribution < 1.29 is 24.1 Å². The van der Waals surface area contributed by atoms with E-state index in [0.29, 0.717) is 34.6 Å². The van der Waals surface area contributed by atoms with Crippen molar-refractivity contribution in [1.82, 2.24) is 10.2 Å². The van der Waals surface area contributed by atoms with Gasteiger partial charge >= 0.3 is 0 Å². The third-order valence-corrected chi connectivity index (χ3v) is 8.51. The topological polar surface area (TPSA) is 80.3 Å². The summed E-state index contributed by atoms with van der Waals surface area (Å²) in [5.74, 6) is 2.63. The van der Waals surface area contributed by atoms with Crippen molar-refractivity contribution in [2.45, 2.75) is 43.7 Å². The quantitative estimate of drug-likeness (QED) is 0.527. The lowest BCUT2D eigenvalue weighted by Crippen LogP contribution is -2.51. The van der Waals surface area contributed by atoms with Crippen LogP contribution in [-0.2, 0) is 16.8 Å². The van der Waals surface area contributed by atoms with E-state index < -0.39 is 5.60 Å². The largest absolute Gasteiger partial charge is 0.493 e. The molecule has 2 N–H and O–H groups in total. The van der Waals surface area contributed by atoms with Crippen LogP contribution >= 0.6 is 0 Å². The Bertz CT molecular complexity index is 1030. The molecule has 2 aromatic rings. The fourth-order valence-electron chi connectivity index (χ4n) is 6.43. The number of likely N-dealkylation sites (tertiary alicyclic amines) is 1. The number of hydrogen-bond acceptors (Lipinski definition) is 6. The van der Waals surface area contributed by atoms with Gasteiger partial charge in [-0.05, 0) is 54.4 Å². The molecule has 7 heteroatoms. The molecule has 2 saturated carbocycles. The van der Waals surface area contributed by atoms with Gasteiger partial charge in [0.25, 0.3) is 5.91 Å². The SMILES string of the molecule is COc1cc(CCN2C[C@@H]3C(NC(=O)C(O)(c4ccccc4)C4CCCC4)[C@@H]3C2)cc(OC)c1OC. The van der Waals surface area contributed by atoms with Crippen molar-refractivity contribution in [2.75, 3.05) is 41.0 Å². The maximum atomic E-state index is 13.5. The number of benzene rings is 2. The molecule has 2 aromatic carbocycles. The van der Waals surface area contributed by atoms with Crippen LogP contribution in [0.2, 0.25) is 0 Å². The van der Waals surface area contributed by atoms with Crippen LogP contribution in [0.3, 0.4) is 0 Å². The van der Waals surface area contributed by atoms with Gasteiger partial charge in [-0.1, -0.05) is 43.2 Å². The second kappa shape index (κ2) is 10.3. The summed E-state index contributed by atoms with van der Waals surface area (Å²) in [7, 11) is 4.88. The molecule has 4 atom stereocenters. The third-order valence-electron chi connectivity index (χ3n) is 8.51. The first kappa shape index (κ1) is 24.9. The average molecular weight is 495 g/mol. The lowest BCUT2D eigenvalue weighted by molar-refractivity contribution is -0.147. The Labute approximate surface area is 213 Å². The van der Waals surface area contributed by atoms with Gasteiger partial charge in [-0.2, -0.15) is 0 Å². The second-order valence-electron chi connectivity index (χ2n) is 10.5. The number of carbonyl (C=O) groups excluding carboxylic acids is 1. The van der Waals surface area contributed by atoms with E-state index in [-0.39, 0.29) is 17.9 Å². The van der Waals surface area contributed by atoms with Crippen LogP contribution in [0.4, 0.5) is 0 Å². The van der Waals surface area contributed by atoms with Gasteiger partial charge in [-0.3, -0.25) is 4.79 Å². The lowest BCUT2D eigenvalue weighted by Gasteiger charge is -2.33. The Balaban J connectivity index is 1.17. The van der Waals surface area contributed by atoms with Crippen LogP contribution < -0.4 is 19.5 Å². The van der Waals surface area contributed by atoms with Crippen LogP contribution in [0.25, 0.3) is 0 Å². The van der Waals surface area contributed by atoms with E-state index in [1.807, 2.05) is 42.5 Å². The molecule has 0 spiro atoms. The first-order chi connectivity index (χ1) is 17.5. The zero-order chi connectivity index (χ0) is 25.3. The monoisotopic (exact) mass is 494 g/mol. The number of nitrogens with zero attached hydrogens (tertiary/aromatic N) is 1. The molecule has 3 fully saturated rings. The molecule has 0 radical (unpaired) electrons. The van der Waals surface area contributed by atoms with E-state index in [1.165, 1.54) is 0 Å². The Kier molecular flexibility index (Phi) is 7.13. The molecule has 1 saturated heterocycles. The van der Waals surface area contributed by atoms with Gasteiger partial charge in [0.15, 0.2) is 17.1 Å². The molecule has 36 heavy (non-hydrogen) atoms. The van der Waals surface area contributed by atoms with Crippen molar-refractivity contribution >= 4 is 5.91 Å². The van der Waals surface area contributed by atoms with E-state index in [1.54, 1.807) is 21.3 Å². The summed E-state index contributed by atoms with van der Waals surface area (Å²) in [5.41, 5.74) is 0.410. The summed E-state index contributed by atoms with van der Waals surface area (Å²) in [5, 5.41) is 15.0. The van der Waals surface area contributed by atoms with Crippen LogP contribution in [0.5, 0.6) is 17.2 Å². The molecule has 0 bridgehead atoms. The van der Waals surface area contributed by atoms with Crippen LogP contribution in [0, 0.1) is 17.8 Å². The normalized spacial score (nSPS) is 25.2. The number of nitrogens with one attached hydrogen (secondary N) is 1. The lowest BCUT2D eigenvalue weighted by atomic mass is 9.79. The molecule has 1 heterocycles. The molecule has 7 nitrogen and oxygen atoms in total. The van der Waals surface area contributed by atoms with Crippen LogP contribution in [-0.4, -0.2) is 62.9 Å². The highest BCUT2D eigenvalue weighted by molar-refractivity contribution is 5.87. The number of fused-ring (bicyclic) bond motifs is 1. The summed E-state index contributed by atoms with van der Waals surface area (Å²) < 4.78 is 16.4. The maximum Gasteiger partial charge on any atom is 0.257 e. The first-order valence-electron chi connectivity index (χ1n) is 13.1. The van der Waals surface area contributed by atoms with E-state index in [2.05, 4.69) is 10.2 Å². The zero-order valence-corrected chi connectivity index (χ0v) is 21.5. The average Bonchev–Trinajstić information content (AvgIpc) is 3.32. The summed E-state index contributed by atoms with van der Waals surface area (Å²) in [6, 6.07) is 13.7. The number of ether oxygens (including phenoxy) is 3. The van der Waals surface area contributed by atoms with Crippen molar-refractivity contribution in [3.8, 4) is 17.2 Å². The highest BCUT2D eigenvalue weighted by atomic mass is 16.5. The number of amides is 1. The minimum atomic E-state index is -1.44. The van der Waals surface area contributed by atoms with Gasteiger partial charge in [0.2, 0.25) is 5.75 Å². The second-order valence-corrected chi connectivity index (χ2v) is 10.5. The number of aliphatic hydroxyl groups is 1. The Morgan fingerprint density at radius 1 is 1.00 bits per heavy atom. The maximum absolute atomic E-state index is 13.5. The summed E-state index contributed by atoms with van der Waals surface area (Å²) >= 11 is 0. The molecular weight excluding hydrogens is 456 g/mol. The van der Waals surface area contributed by atoms with Crippen molar-refractivity contribution in [3.05, 3.63) is 53.6 Å². The van der Waals surface area contributed by atoms with E-state index in [4.69, 9.17) is 14.2 Å². The molecule has 1 aliphatic heterocycles. The van der Waals surface area contributed by atoms with Gasteiger partial charge in [-0.15, -0.1) is 0 Å². The van der Waals surface area contributed by atoms with Gasteiger partial charge in [0.1, 0.15) is 0 Å². The Morgan fingerprint density at radius 2 is 1.61 bits per heavy atom. The van der Waals surface area contributed by atoms with E-state index in [0.717, 1.165) is 57.3 Å². The number of methoxy groups -OCH3 is 3. The summed E-state index contributed by atoms with van der Waals surface area (Å²) in [4.78, 5) is 16.0. The van der Waals surface area contributed by atoms with Gasteiger partial charge in [0, 0.05) is 31.6 Å². The standard InChI is InChI=1S/C29H38N2O5/c1-34-24-15-19(16-25(35-2)27(24)36-3)13-14-31-17-22-23(18-31)26(22)30-28(32)29(33,21-11-7-8-12-21)20-9-5-4-6-10-20/h4-6,9-10,15-16,21-23,26,33H,7-8,11-14,17-18H2,1-3H3,(H,30,32)/t22-,23+,26?,29?. The highest BCUT2D eigenvalue weighted by Crippen LogP contribution is 2.47. The third kappa shape index (κ3) is 4.55. The van der Waals surface area contributed by atoms with Gasteiger partial charge in [-0.25, -0.2) is 0 Å². The van der Waals surface area contributed by atoms with Gasteiger partial charge < -0.3 is 29.5 Å². The molecule has 0 aromatic heterocycles. The van der Waals surface area contributed by atoms with Gasteiger partial charge in [0.05, 0.1) is 21.3 Å². The molecule has 1 amide bonds. The van der Waals surface area contributed by atoms with Crippen molar-refractivity contribution in [1.29, 1.82) is 0 Å². The fraction of sp³-hybridized carbons (Fsp3) is 0.552. The predicted octanol–water partition coefficient (Wildman–Crippen LogP) is 3.38. The van der Waals surface area contributed by atoms with Crippen molar-refractivity contribution in [3.63, 3.8) is 0 Å². The summed E-state index contributed by atoms with van der Waals surface area (Å²) in [6.45, 7) is 2.86. The van der Waals surface area contributed by atoms with Crippen LogP contribution in [0.15, 0.2) is 42.5 Å². The minimum absolute atomic E-state index is 0.0199. The minimum Gasteiger partial charge on any atom is -0.493 e. The Hall–Kier alpha value is -2.77. The molecule has 3 aliphatic rings. The summed E-state index contributed by atoms with van der Waals surface area (Å²) in [6.07, 6.45) is 4.81. The Morgan fingerprint density at radius 3 is 2.17 bits per heavy atom. The molecule has 194 valence electrons. The predicted molar refractivity (Wildman–Crippen MR) is 137 cm³/mol. The van der Waals surface area contributed by atoms with Crippen molar-refractivity contribution in [2.24, 2.45) is 17.8 Å². The number of hydrogen-bond donors (Lipinski definition) is 2. The molecule has 2 aliphatic carbocycles. The molecular formula is C29H38N2O5. The highest BCUT2D eigenvalue weighted by Gasteiger charge is 2.58. The number of piperidine rings is 1. The molecule has 5 rings (SSSR count). The van der Waals surface area contributed by atoms with E-state index in [9.17, 15) is 9.90 Å². The number of rotatable bonds is 10. The zero-order valence-electron chi connectivity index (χ0n) is 21.5. The van der Waals surface area contributed by atoms with E-state index >= 15 is 0 Å². The fourth-order valence-corrected chi connectivity index (χ4v) is 6.43.